The van der Waals surface area contributed by atoms with Crippen LogP contribution in [0.1, 0.15) is 6.42 Å². The van der Waals surface area contributed by atoms with Crippen LogP contribution >= 0.6 is 11.6 Å². The Bertz CT molecular complexity index is 467. The largest absolute Gasteiger partial charge is 0.492 e. The van der Waals surface area contributed by atoms with Crippen LogP contribution < -0.4 is 4.74 Å². The van der Waals surface area contributed by atoms with Crippen LogP contribution in [-0.2, 0) is 4.74 Å². The van der Waals surface area contributed by atoms with E-state index in [9.17, 15) is 5.11 Å². The average Bonchev–Trinajstić information content (AvgIpc) is 2.88. The number of likely N-dealkylation sites (tertiary alicyclic amines) is 1. The molecule has 0 aliphatic carbocycles. The van der Waals surface area contributed by atoms with Crippen LogP contribution in [0.4, 0.5) is 0 Å². The Morgan fingerprint density at radius 3 is 2.90 bits per heavy atom. The van der Waals surface area contributed by atoms with Gasteiger partial charge in [0.25, 0.3) is 0 Å². The molecule has 0 radical (unpaired) electrons. The lowest BCUT2D eigenvalue weighted by Crippen LogP contribution is -2.43. The molecule has 1 aromatic rings. The summed E-state index contributed by atoms with van der Waals surface area (Å²) in [4.78, 5) is 2.38. The van der Waals surface area contributed by atoms with Gasteiger partial charge in [-0.2, -0.15) is 0 Å². The van der Waals surface area contributed by atoms with E-state index < -0.39 is 0 Å². The third kappa shape index (κ3) is 3.34. The highest BCUT2D eigenvalue weighted by Crippen LogP contribution is 2.40. The number of fused-ring (bicyclic) bond motifs is 1. The van der Waals surface area contributed by atoms with Gasteiger partial charge in [-0.15, -0.1) is 0 Å². The van der Waals surface area contributed by atoms with E-state index in [0.29, 0.717) is 19.1 Å². The Morgan fingerprint density at radius 2 is 2.19 bits per heavy atom. The summed E-state index contributed by atoms with van der Waals surface area (Å²) in [6.45, 7) is 5.18. The zero-order chi connectivity index (χ0) is 14.7. The summed E-state index contributed by atoms with van der Waals surface area (Å²) in [5.41, 5.74) is -0.0570. The normalized spacial score (nSPS) is 29.3. The molecule has 2 fully saturated rings. The molecule has 0 amide bonds. The molecule has 2 atom stereocenters. The van der Waals surface area contributed by atoms with Crippen LogP contribution in [0.3, 0.4) is 0 Å². The second kappa shape index (κ2) is 6.53. The molecule has 2 aliphatic heterocycles. The van der Waals surface area contributed by atoms with Crippen molar-refractivity contribution in [3.8, 4) is 5.75 Å². The van der Waals surface area contributed by atoms with Gasteiger partial charge in [0.15, 0.2) is 0 Å². The minimum Gasteiger partial charge on any atom is -0.492 e. The number of hydrogen-bond acceptors (Lipinski definition) is 4. The highest BCUT2D eigenvalue weighted by molar-refractivity contribution is 6.30. The molecule has 3 rings (SSSR count). The molecule has 2 saturated heterocycles. The Balaban J connectivity index is 1.49. The second-order valence-corrected chi connectivity index (χ2v) is 6.53. The van der Waals surface area contributed by atoms with E-state index in [1.165, 1.54) is 0 Å². The maximum absolute atomic E-state index is 9.75. The van der Waals surface area contributed by atoms with Crippen molar-refractivity contribution in [3.05, 3.63) is 29.3 Å². The van der Waals surface area contributed by atoms with E-state index in [2.05, 4.69) is 4.90 Å². The maximum atomic E-state index is 9.75. The fourth-order valence-electron chi connectivity index (χ4n) is 3.42. The molecule has 4 nitrogen and oxygen atoms in total. The molecule has 5 heteroatoms. The van der Waals surface area contributed by atoms with Crippen LogP contribution in [0.25, 0.3) is 0 Å². The predicted octanol–water partition coefficient (Wildman–Crippen LogP) is 2.05. The lowest BCUT2D eigenvalue weighted by Gasteiger charge is -2.36. The first kappa shape index (κ1) is 15.1. The summed E-state index contributed by atoms with van der Waals surface area (Å²) < 4.78 is 11.3. The number of aliphatic hydroxyl groups is 1. The van der Waals surface area contributed by atoms with Gasteiger partial charge in [-0.3, -0.25) is 4.90 Å². The minimum atomic E-state index is -0.0570. The summed E-state index contributed by atoms with van der Waals surface area (Å²) in [5, 5.41) is 10.5. The smallest absolute Gasteiger partial charge is 0.119 e. The zero-order valence-corrected chi connectivity index (χ0v) is 12.9. The molecule has 0 saturated carbocycles. The maximum Gasteiger partial charge on any atom is 0.119 e. The molecule has 1 N–H and O–H groups in total. The number of nitrogens with zero attached hydrogens (tertiary/aromatic N) is 1. The summed E-state index contributed by atoms with van der Waals surface area (Å²) in [6.07, 6.45) is 1.05. The van der Waals surface area contributed by atoms with E-state index >= 15 is 0 Å². The molecule has 2 heterocycles. The topological polar surface area (TPSA) is 41.9 Å². The molecular formula is C16H22ClNO3. The van der Waals surface area contributed by atoms with Gasteiger partial charge in [-0.1, -0.05) is 11.6 Å². The third-order valence-corrected chi connectivity index (χ3v) is 4.94. The van der Waals surface area contributed by atoms with Crippen LogP contribution in [0.2, 0.25) is 5.02 Å². The Kier molecular flexibility index (Phi) is 4.69. The quantitative estimate of drug-likeness (QED) is 0.904. The third-order valence-electron chi connectivity index (χ3n) is 4.69. The highest BCUT2D eigenvalue weighted by Gasteiger charge is 2.47. The van der Waals surface area contributed by atoms with Crippen LogP contribution in [0.15, 0.2) is 24.3 Å². The molecule has 1 aromatic carbocycles. The van der Waals surface area contributed by atoms with E-state index in [0.717, 1.165) is 43.4 Å². The number of rotatable bonds is 5. The Hall–Kier alpha value is -0.810. The van der Waals surface area contributed by atoms with E-state index in [1.807, 2.05) is 24.3 Å². The molecule has 0 unspecified atom stereocenters. The number of aliphatic hydroxyl groups excluding tert-OH is 1. The first-order chi connectivity index (χ1) is 10.2. The molecule has 21 heavy (non-hydrogen) atoms. The second-order valence-electron chi connectivity index (χ2n) is 6.10. The van der Waals surface area contributed by atoms with Gasteiger partial charge in [0.05, 0.1) is 13.2 Å². The SMILES string of the molecule is OC[C@]12COCC[C@H]1CN(CCOc1ccc(Cl)cc1)C2. The van der Waals surface area contributed by atoms with E-state index in [4.69, 9.17) is 21.1 Å². The monoisotopic (exact) mass is 311 g/mol. The predicted molar refractivity (Wildman–Crippen MR) is 81.8 cm³/mol. The van der Waals surface area contributed by atoms with Gasteiger partial charge in [0, 0.05) is 36.7 Å². The van der Waals surface area contributed by atoms with Crippen molar-refractivity contribution < 1.29 is 14.6 Å². The van der Waals surface area contributed by atoms with E-state index in [-0.39, 0.29) is 12.0 Å². The Morgan fingerprint density at radius 1 is 1.38 bits per heavy atom. The van der Waals surface area contributed by atoms with E-state index in [1.54, 1.807) is 0 Å². The van der Waals surface area contributed by atoms with Crippen molar-refractivity contribution in [3.63, 3.8) is 0 Å². The van der Waals surface area contributed by atoms with Crippen molar-refractivity contribution >= 4 is 11.6 Å². The molecule has 0 aromatic heterocycles. The fourth-order valence-corrected chi connectivity index (χ4v) is 3.55. The number of benzene rings is 1. The van der Waals surface area contributed by atoms with Gasteiger partial charge in [-0.05, 0) is 36.6 Å². The van der Waals surface area contributed by atoms with Gasteiger partial charge in [-0.25, -0.2) is 0 Å². The van der Waals surface area contributed by atoms with Crippen molar-refractivity contribution in [2.45, 2.75) is 6.42 Å². The summed E-state index contributed by atoms with van der Waals surface area (Å²) in [5.74, 6) is 1.39. The highest BCUT2D eigenvalue weighted by atomic mass is 35.5. The van der Waals surface area contributed by atoms with Crippen molar-refractivity contribution in [2.75, 3.05) is 46.1 Å². The fraction of sp³-hybridized carbons (Fsp3) is 0.625. The minimum absolute atomic E-state index is 0.0570. The first-order valence-electron chi connectivity index (χ1n) is 7.51. The van der Waals surface area contributed by atoms with Gasteiger partial charge in [0.1, 0.15) is 12.4 Å². The lowest BCUT2D eigenvalue weighted by molar-refractivity contribution is -0.0561. The molecule has 0 spiro atoms. The molecule has 0 bridgehead atoms. The molecular weight excluding hydrogens is 290 g/mol. The zero-order valence-electron chi connectivity index (χ0n) is 12.1. The summed E-state index contributed by atoms with van der Waals surface area (Å²) in [6, 6.07) is 7.43. The summed E-state index contributed by atoms with van der Waals surface area (Å²) in [7, 11) is 0. The first-order valence-corrected chi connectivity index (χ1v) is 7.89. The van der Waals surface area contributed by atoms with Gasteiger partial charge >= 0.3 is 0 Å². The molecule has 2 aliphatic rings. The summed E-state index contributed by atoms with van der Waals surface area (Å²) >= 11 is 5.85. The number of ether oxygens (including phenoxy) is 2. The molecule has 116 valence electrons. The van der Waals surface area contributed by atoms with Crippen LogP contribution in [0, 0.1) is 11.3 Å². The van der Waals surface area contributed by atoms with Crippen LogP contribution in [0.5, 0.6) is 5.75 Å². The number of hydrogen-bond donors (Lipinski definition) is 1. The van der Waals surface area contributed by atoms with Crippen molar-refractivity contribution in [2.24, 2.45) is 11.3 Å². The van der Waals surface area contributed by atoms with Gasteiger partial charge < -0.3 is 14.6 Å². The van der Waals surface area contributed by atoms with Gasteiger partial charge in [0.2, 0.25) is 0 Å². The van der Waals surface area contributed by atoms with Crippen LogP contribution in [-0.4, -0.2) is 56.1 Å². The Labute approximate surface area is 130 Å². The number of halogens is 1. The van der Waals surface area contributed by atoms with Crippen molar-refractivity contribution in [1.82, 2.24) is 4.90 Å². The standard InChI is InChI=1S/C16H22ClNO3/c17-14-1-3-15(4-2-14)21-8-6-18-9-13-5-7-20-12-16(13,10-18)11-19/h1-4,13,19H,5-12H2/t13-,16+/m0/s1. The average molecular weight is 312 g/mol. The lowest BCUT2D eigenvalue weighted by atomic mass is 9.76. The van der Waals surface area contributed by atoms with Crippen molar-refractivity contribution in [1.29, 1.82) is 0 Å².